The molecule has 3 aromatic heterocycles. The van der Waals surface area contributed by atoms with Crippen molar-refractivity contribution in [3.8, 4) is 11.1 Å². The Balaban J connectivity index is 0.00000120. The smallest absolute Gasteiger partial charge is 0.327 e. The van der Waals surface area contributed by atoms with Gasteiger partial charge in [0.05, 0.1) is 0 Å². The van der Waals surface area contributed by atoms with Crippen LogP contribution in [0.15, 0.2) is 60.5 Å². The van der Waals surface area contributed by atoms with Gasteiger partial charge < -0.3 is 24.8 Å². The molecule has 6 nitrogen and oxygen atoms in total. The topological polar surface area (TPSA) is 60.4 Å². The number of hydrogen-bond acceptors (Lipinski definition) is 5. The molecule has 0 bridgehead atoms. The zero-order valence-electron chi connectivity index (χ0n) is 15.6. The molecule has 2 N–H and O–H groups in total. The normalized spacial score (nSPS) is 18.6. The van der Waals surface area contributed by atoms with E-state index in [0.29, 0.717) is 0 Å². The molecule has 0 atom stereocenters. The summed E-state index contributed by atoms with van der Waals surface area (Å²) in [5, 5.41) is 3.40. The number of hydrogen-bond donors (Lipinski definition) is 2. The van der Waals surface area contributed by atoms with Crippen LogP contribution in [0.4, 0.5) is 11.8 Å². The van der Waals surface area contributed by atoms with Crippen molar-refractivity contribution in [1.29, 1.82) is 0 Å². The number of nitrogens with zero attached hydrogens (tertiary/aromatic N) is 4. The summed E-state index contributed by atoms with van der Waals surface area (Å²) < 4.78 is 0. The Morgan fingerprint density at radius 1 is 0.759 bits per heavy atom. The maximum Gasteiger partial charge on any atom is 0.327 e. The minimum Gasteiger partial charge on any atom is -1.00 e. The first-order valence-corrected chi connectivity index (χ1v) is 10.0. The Hall–Kier alpha value is -2.16. The zero-order valence-corrected chi connectivity index (χ0v) is 17.9. The van der Waals surface area contributed by atoms with E-state index in [4.69, 9.17) is 4.98 Å². The van der Waals surface area contributed by atoms with E-state index in [1.807, 2.05) is 24.5 Å². The lowest BCUT2D eigenvalue weighted by atomic mass is 10.1. The summed E-state index contributed by atoms with van der Waals surface area (Å²) in [7, 11) is 0. The molecule has 1 saturated heterocycles. The van der Waals surface area contributed by atoms with Gasteiger partial charge in [-0.15, -0.1) is 11.3 Å². The third-order valence-corrected chi connectivity index (χ3v) is 6.02. The summed E-state index contributed by atoms with van der Waals surface area (Å²) in [6, 6.07) is 12.4. The van der Waals surface area contributed by atoms with E-state index in [1.165, 1.54) is 26.3 Å². The SMILES string of the molecule is [Cl-].[Cl-].c1ccc(-c2csc3ncnc([NH+]4CC[NH+](c5ncccn5)CC4)c23)cc1. The van der Waals surface area contributed by atoms with Crippen LogP contribution in [-0.2, 0) is 0 Å². The highest BCUT2D eigenvalue weighted by Gasteiger charge is 2.30. The summed E-state index contributed by atoms with van der Waals surface area (Å²) in [6.07, 6.45) is 5.34. The molecule has 0 radical (unpaired) electrons. The summed E-state index contributed by atoms with van der Waals surface area (Å²) in [6.45, 7) is 4.00. The molecule has 29 heavy (non-hydrogen) atoms. The van der Waals surface area contributed by atoms with Crippen molar-refractivity contribution in [2.45, 2.75) is 0 Å². The fourth-order valence-electron chi connectivity index (χ4n) is 3.77. The first-order chi connectivity index (χ1) is 13.4. The second kappa shape index (κ2) is 9.56. The van der Waals surface area contributed by atoms with E-state index in [9.17, 15) is 0 Å². The van der Waals surface area contributed by atoms with Gasteiger partial charge >= 0.3 is 5.95 Å². The quantitative estimate of drug-likeness (QED) is 0.330. The van der Waals surface area contributed by atoms with Gasteiger partial charge in [-0.1, -0.05) is 30.3 Å². The van der Waals surface area contributed by atoms with Crippen LogP contribution in [0, 0.1) is 0 Å². The molecule has 4 heterocycles. The predicted molar refractivity (Wildman–Crippen MR) is 106 cm³/mol. The molecule has 5 rings (SSSR count). The highest BCUT2D eigenvalue weighted by Crippen LogP contribution is 2.35. The Morgan fingerprint density at radius 2 is 1.45 bits per heavy atom. The fourth-order valence-corrected chi connectivity index (χ4v) is 4.68. The fraction of sp³-hybridized carbons (Fsp3) is 0.200. The van der Waals surface area contributed by atoms with Crippen molar-refractivity contribution in [2.24, 2.45) is 0 Å². The standard InChI is InChI=1S/C20H18N6S.2ClH/c1-2-5-15(6-3-1)16-13-27-19-17(16)18(23-14-24-19)25-9-11-26(12-10-25)20-21-7-4-8-22-20;;/h1-8,13-14H,9-12H2;2*1H. The average Bonchev–Trinajstić information content (AvgIpc) is 3.20. The van der Waals surface area contributed by atoms with Gasteiger partial charge in [-0.25, -0.2) is 4.98 Å². The molecule has 4 aromatic rings. The molecular weight excluding hydrogens is 427 g/mol. The largest absolute Gasteiger partial charge is 1.00 e. The number of halogens is 2. The lowest BCUT2D eigenvalue weighted by Gasteiger charge is -2.27. The van der Waals surface area contributed by atoms with E-state index in [2.05, 4.69) is 44.6 Å². The number of rotatable bonds is 3. The first kappa shape index (κ1) is 21.5. The Bertz CT molecular complexity index is 1050. The number of nitrogens with one attached hydrogen (secondary N) is 2. The lowest BCUT2D eigenvalue weighted by Crippen LogP contribution is -3.24. The van der Waals surface area contributed by atoms with Crippen LogP contribution in [0.2, 0.25) is 0 Å². The van der Waals surface area contributed by atoms with Gasteiger partial charge in [-0.2, -0.15) is 15.0 Å². The minimum atomic E-state index is 0. The summed E-state index contributed by atoms with van der Waals surface area (Å²) in [4.78, 5) is 21.9. The summed E-state index contributed by atoms with van der Waals surface area (Å²) in [5.41, 5.74) is 2.46. The van der Waals surface area contributed by atoms with Crippen LogP contribution in [0.5, 0.6) is 0 Å². The molecule has 1 aliphatic rings. The van der Waals surface area contributed by atoms with Gasteiger partial charge in [-0.3, -0.25) is 9.80 Å². The second-order valence-corrected chi connectivity index (χ2v) is 7.56. The van der Waals surface area contributed by atoms with Crippen LogP contribution in [0.1, 0.15) is 0 Å². The second-order valence-electron chi connectivity index (χ2n) is 6.70. The molecule has 1 fully saturated rings. The monoisotopic (exact) mass is 446 g/mol. The highest BCUT2D eigenvalue weighted by atomic mass is 35.5. The third kappa shape index (κ3) is 4.24. The molecule has 0 saturated carbocycles. The van der Waals surface area contributed by atoms with Crippen LogP contribution in [0.25, 0.3) is 21.3 Å². The van der Waals surface area contributed by atoms with E-state index in [1.54, 1.807) is 17.7 Å². The van der Waals surface area contributed by atoms with Gasteiger partial charge in [0.15, 0.2) is 0 Å². The van der Waals surface area contributed by atoms with E-state index >= 15 is 0 Å². The van der Waals surface area contributed by atoms with E-state index < -0.39 is 0 Å². The Morgan fingerprint density at radius 3 is 2.17 bits per heavy atom. The average molecular weight is 447 g/mol. The molecule has 0 aliphatic carbocycles. The van der Waals surface area contributed by atoms with Crippen molar-refractivity contribution in [3.05, 3.63) is 60.5 Å². The van der Waals surface area contributed by atoms with Gasteiger partial charge in [0.2, 0.25) is 5.82 Å². The van der Waals surface area contributed by atoms with Crippen LogP contribution < -0.4 is 34.6 Å². The number of benzene rings is 1. The highest BCUT2D eigenvalue weighted by molar-refractivity contribution is 7.17. The summed E-state index contributed by atoms with van der Waals surface area (Å²) >= 11 is 1.69. The number of fused-ring (bicyclic) bond motifs is 1. The van der Waals surface area contributed by atoms with Gasteiger partial charge in [0, 0.05) is 23.3 Å². The first-order valence-electron chi connectivity index (χ1n) is 9.15. The van der Waals surface area contributed by atoms with Crippen molar-refractivity contribution in [2.75, 3.05) is 26.2 Å². The Labute approximate surface area is 185 Å². The molecule has 0 unspecified atom stereocenters. The molecule has 9 heteroatoms. The minimum absolute atomic E-state index is 0. The maximum atomic E-state index is 4.70. The van der Waals surface area contributed by atoms with E-state index in [0.717, 1.165) is 42.8 Å². The molecular formula is C20H20Cl2N6S. The molecule has 1 aromatic carbocycles. The van der Waals surface area contributed by atoms with Gasteiger partial charge in [-0.05, 0) is 11.6 Å². The van der Waals surface area contributed by atoms with Gasteiger partial charge in [0.25, 0.3) is 0 Å². The molecule has 1 aliphatic heterocycles. The number of aromatic nitrogens is 4. The van der Waals surface area contributed by atoms with Crippen molar-refractivity contribution < 1.29 is 34.6 Å². The van der Waals surface area contributed by atoms with Crippen LogP contribution in [0.3, 0.4) is 0 Å². The lowest BCUT2D eigenvalue weighted by molar-refractivity contribution is -0.954. The maximum absolute atomic E-state index is 4.70. The van der Waals surface area contributed by atoms with Crippen molar-refractivity contribution >= 4 is 33.3 Å². The van der Waals surface area contributed by atoms with E-state index in [-0.39, 0.29) is 24.8 Å². The predicted octanol–water partition coefficient (Wildman–Crippen LogP) is -5.10. The van der Waals surface area contributed by atoms with Gasteiger partial charge in [0.1, 0.15) is 42.7 Å². The molecule has 0 amide bonds. The number of thiophene rings is 1. The van der Waals surface area contributed by atoms with Crippen LogP contribution >= 0.6 is 11.3 Å². The molecule has 150 valence electrons. The number of piperazine rings is 1. The third-order valence-electron chi connectivity index (χ3n) is 5.13. The molecule has 0 spiro atoms. The Kier molecular flexibility index (Phi) is 7.10. The number of quaternary nitrogens is 2. The van der Waals surface area contributed by atoms with Crippen LogP contribution in [-0.4, -0.2) is 46.1 Å². The van der Waals surface area contributed by atoms with Crippen molar-refractivity contribution in [1.82, 2.24) is 19.9 Å². The summed E-state index contributed by atoms with van der Waals surface area (Å²) in [5.74, 6) is 2.01. The zero-order chi connectivity index (χ0) is 18.1. The van der Waals surface area contributed by atoms with Crippen molar-refractivity contribution in [3.63, 3.8) is 0 Å².